The summed E-state index contributed by atoms with van der Waals surface area (Å²) in [5, 5.41) is 0. The highest BCUT2D eigenvalue weighted by Gasteiger charge is 2.02. The van der Waals surface area contributed by atoms with Gasteiger partial charge in [-0.3, -0.25) is 4.99 Å². The molecule has 0 saturated heterocycles. The zero-order valence-electron chi connectivity index (χ0n) is 11.6. The summed E-state index contributed by atoms with van der Waals surface area (Å²) in [7, 11) is 0. The van der Waals surface area contributed by atoms with Crippen LogP contribution in [0.2, 0.25) is 0 Å². The van der Waals surface area contributed by atoms with Gasteiger partial charge in [0.15, 0.2) is 5.96 Å². The van der Waals surface area contributed by atoms with Gasteiger partial charge in [0.1, 0.15) is 5.82 Å². The lowest BCUT2D eigenvalue weighted by Crippen LogP contribution is -2.37. The Bertz CT molecular complexity index is 405. The molecule has 0 amide bonds. The Balaban J connectivity index is 2.28. The molecule has 0 saturated carbocycles. The first kappa shape index (κ1) is 15.8. The number of benzene rings is 1. The van der Waals surface area contributed by atoms with E-state index in [1.807, 2.05) is 17.0 Å². The van der Waals surface area contributed by atoms with Gasteiger partial charge >= 0.3 is 0 Å². The maximum atomic E-state index is 13.4. The summed E-state index contributed by atoms with van der Waals surface area (Å²) in [4.78, 5) is 6.34. The predicted octanol–water partition coefficient (Wildman–Crippen LogP) is 2.72. The first-order chi connectivity index (χ1) is 9.19. The highest BCUT2D eigenvalue weighted by molar-refractivity contribution is 7.98. The molecule has 0 aliphatic carbocycles. The number of nitrogens with two attached hydrogens (primary N) is 1. The molecule has 0 atom stereocenters. The van der Waals surface area contributed by atoms with Crippen LogP contribution in [0.4, 0.5) is 4.39 Å². The number of hydrogen-bond donors (Lipinski definition) is 1. The van der Waals surface area contributed by atoms with Gasteiger partial charge in [-0.15, -0.1) is 0 Å². The number of aliphatic imine (C=N–C) groups is 1. The number of halogens is 1. The van der Waals surface area contributed by atoms with Crippen molar-refractivity contribution in [3.63, 3.8) is 0 Å². The normalized spacial score (nSPS) is 11.6. The van der Waals surface area contributed by atoms with Crippen LogP contribution in [0, 0.1) is 5.82 Å². The fourth-order valence-electron chi connectivity index (χ4n) is 1.67. The van der Waals surface area contributed by atoms with E-state index in [2.05, 4.69) is 18.8 Å². The van der Waals surface area contributed by atoms with Crippen LogP contribution in [-0.4, -0.2) is 36.2 Å². The van der Waals surface area contributed by atoms with Crippen molar-refractivity contribution < 1.29 is 4.39 Å². The van der Waals surface area contributed by atoms with Crippen LogP contribution < -0.4 is 5.73 Å². The summed E-state index contributed by atoms with van der Waals surface area (Å²) < 4.78 is 13.4. The van der Waals surface area contributed by atoms with E-state index in [1.54, 1.807) is 17.8 Å². The van der Waals surface area contributed by atoms with E-state index in [4.69, 9.17) is 5.73 Å². The highest BCUT2D eigenvalue weighted by atomic mass is 32.2. The molecular weight excluding hydrogens is 261 g/mol. The van der Waals surface area contributed by atoms with Gasteiger partial charge in [0, 0.05) is 24.6 Å². The van der Waals surface area contributed by atoms with Crippen LogP contribution in [0.1, 0.15) is 19.4 Å². The van der Waals surface area contributed by atoms with Crippen molar-refractivity contribution in [1.29, 1.82) is 0 Å². The van der Waals surface area contributed by atoms with Gasteiger partial charge in [-0.2, -0.15) is 11.8 Å². The van der Waals surface area contributed by atoms with Crippen molar-refractivity contribution in [2.45, 2.75) is 19.6 Å². The van der Waals surface area contributed by atoms with E-state index in [-0.39, 0.29) is 5.82 Å². The van der Waals surface area contributed by atoms with Gasteiger partial charge in [-0.25, -0.2) is 4.39 Å². The number of hydrogen-bond acceptors (Lipinski definition) is 2. The minimum atomic E-state index is -0.138. The van der Waals surface area contributed by atoms with Gasteiger partial charge in [-0.05, 0) is 25.5 Å². The third kappa shape index (κ3) is 5.51. The molecule has 0 fully saturated rings. The zero-order chi connectivity index (χ0) is 14.1. The fraction of sp³-hybridized carbons (Fsp3) is 0.500. The van der Waals surface area contributed by atoms with Gasteiger partial charge in [0.05, 0.1) is 6.54 Å². The van der Waals surface area contributed by atoms with Crippen LogP contribution in [-0.2, 0) is 5.75 Å². The quantitative estimate of drug-likeness (QED) is 0.475. The van der Waals surface area contributed by atoms with Crippen LogP contribution >= 0.6 is 11.8 Å². The van der Waals surface area contributed by atoms with Gasteiger partial charge in [-0.1, -0.05) is 18.2 Å². The summed E-state index contributed by atoms with van der Waals surface area (Å²) >= 11 is 1.67. The third-order valence-corrected chi connectivity index (χ3v) is 3.80. The van der Waals surface area contributed by atoms with Crippen molar-refractivity contribution in [1.82, 2.24) is 4.90 Å². The average Bonchev–Trinajstić information content (AvgIpc) is 2.42. The molecule has 0 bridgehead atoms. The van der Waals surface area contributed by atoms with Crippen LogP contribution in [0.25, 0.3) is 0 Å². The average molecular weight is 283 g/mol. The van der Waals surface area contributed by atoms with Crippen LogP contribution in [0.5, 0.6) is 0 Å². The molecule has 0 heterocycles. The molecule has 1 rings (SSSR count). The molecule has 1 aromatic rings. The molecule has 19 heavy (non-hydrogen) atoms. The highest BCUT2D eigenvalue weighted by Crippen LogP contribution is 2.14. The van der Waals surface area contributed by atoms with E-state index in [9.17, 15) is 4.39 Å². The van der Waals surface area contributed by atoms with E-state index >= 15 is 0 Å². The molecule has 106 valence electrons. The topological polar surface area (TPSA) is 41.6 Å². The SMILES string of the molecule is CCN(CC)C(N)=NCCSCc1ccccc1F. The third-order valence-electron chi connectivity index (χ3n) is 2.81. The minimum Gasteiger partial charge on any atom is -0.370 e. The standard InChI is InChI=1S/C14H22FN3S/c1-3-18(4-2)14(16)17-9-10-19-11-12-7-5-6-8-13(12)15/h5-8H,3-4,9-11H2,1-2H3,(H2,16,17). The second kappa shape index (κ2) is 8.80. The molecule has 0 aliphatic rings. The summed E-state index contributed by atoms with van der Waals surface area (Å²) in [6.07, 6.45) is 0. The van der Waals surface area contributed by atoms with Crippen molar-refractivity contribution in [2.24, 2.45) is 10.7 Å². The number of rotatable bonds is 7. The van der Waals surface area contributed by atoms with Crippen LogP contribution in [0.15, 0.2) is 29.3 Å². The van der Waals surface area contributed by atoms with Gasteiger partial charge in [0.25, 0.3) is 0 Å². The maximum absolute atomic E-state index is 13.4. The Morgan fingerprint density at radius 1 is 1.32 bits per heavy atom. The van der Waals surface area contributed by atoms with E-state index in [1.165, 1.54) is 6.07 Å². The second-order valence-corrected chi connectivity index (χ2v) is 5.16. The molecule has 0 spiro atoms. The minimum absolute atomic E-state index is 0.138. The van der Waals surface area contributed by atoms with Crippen molar-refractivity contribution in [3.8, 4) is 0 Å². The fourth-order valence-corrected chi connectivity index (χ4v) is 2.49. The number of nitrogens with zero attached hydrogens (tertiary/aromatic N) is 2. The first-order valence-electron chi connectivity index (χ1n) is 6.55. The Morgan fingerprint density at radius 3 is 2.63 bits per heavy atom. The molecule has 2 N–H and O–H groups in total. The van der Waals surface area contributed by atoms with Crippen LogP contribution in [0.3, 0.4) is 0 Å². The molecule has 0 radical (unpaired) electrons. The van der Waals surface area contributed by atoms with Crippen molar-refractivity contribution in [3.05, 3.63) is 35.6 Å². The maximum Gasteiger partial charge on any atom is 0.191 e. The summed E-state index contributed by atoms with van der Waals surface area (Å²) in [5.41, 5.74) is 6.61. The Morgan fingerprint density at radius 2 is 2.00 bits per heavy atom. The monoisotopic (exact) mass is 283 g/mol. The predicted molar refractivity (Wildman–Crippen MR) is 82.0 cm³/mol. The smallest absolute Gasteiger partial charge is 0.191 e. The summed E-state index contributed by atoms with van der Waals surface area (Å²) in [6, 6.07) is 6.87. The molecule has 0 aromatic heterocycles. The van der Waals surface area contributed by atoms with Gasteiger partial charge in [0.2, 0.25) is 0 Å². The lowest BCUT2D eigenvalue weighted by Gasteiger charge is -2.19. The van der Waals surface area contributed by atoms with Crippen molar-refractivity contribution >= 4 is 17.7 Å². The number of thioether (sulfide) groups is 1. The molecule has 3 nitrogen and oxygen atoms in total. The lowest BCUT2D eigenvalue weighted by molar-refractivity contribution is 0.458. The summed E-state index contributed by atoms with van der Waals surface area (Å²) in [5.74, 6) is 1.97. The zero-order valence-corrected chi connectivity index (χ0v) is 12.4. The molecule has 5 heteroatoms. The van der Waals surface area contributed by atoms with E-state index in [0.29, 0.717) is 18.3 Å². The Kier molecular flexibility index (Phi) is 7.33. The van der Waals surface area contributed by atoms with E-state index in [0.717, 1.165) is 24.4 Å². The Labute approximate surface area is 119 Å². The largest absolute Gasteiger partial charge is 0.370 e. The molecule has 0 unspecified atom stereocenters. The lowest BCUT2D eigenvalue weighted by atomic mass is 10.2. The first-order valence-corrected chi connectivity index (χ1v) is 7.70. The van der Waals surface area contributed by atoms with Crippen molar-refractivity contribution in [2.75, 3.05) is 25.4 Å². The van der Waals surface area contributed by atoms with E-state index < -0.39 is 0 Å². The molecule has 0 aliphatic heterocycles. The molecule has 1 aromatic carbocycles. The second-order valence-electron chi connectivity index (χ2n) is 4.06. The summed E-state index contributed by atoms with van der Waals surface area (Å²) in [6.45, 7) is 6.52. The molecular formula is C14H22FN3S. The number of guanidine groups is 1. The Hall–Kier alpha value is -1.23. The van der Waals surface area contributed by atoms with Gasteiger partial charge < -0.3 is 10.6 Å².